The van der Waals surface area contributed by atoms with Crippen molar-refractivity contribution in [1.29, 1.82) is 0 Å². The van der Waals surface area contributed by atoms with E-state index in [1.807, 2.05) is 0 Å². The largest absolute Gasteiger partial charge is 0.312 e. The van der Waals surface area contributed by atoms with Crippen molar-refractivity contribution in [1.82, 2.24) is 4.31 Å². The number of amides is 1. The number of carbonyl (C=O) groups is 1. The minimum atomic E-state index is -3.55. The van der Waals surface area contributed by atoms with E-state index in [0.29, 0.717) is 38.2 Å². The summed E-state index contributed by atoms with van der Waals surface area (Å²) in [5, 5.41) is 0. The summed E-state index contributed by atoms with van der Waals surface area (Å²) in [4.78, 5) is 14.4. The van der Waals surface area contributed by atoms with Crippen LogP contribution in [0.2, 0.25) is 0 Å². The van der Waals surface area contributed by atoms with Gasteiger partial charge in [-0.1, -0.05) is 18.2 Å². The number of anilines is 1. The molecule has 1 atom stereocenters. The molecular formula is C19H19FN2O3S. The topological polar surface area (TPSA) is 57.7 Å². The van der Waals surface area contributed by atoms with Crippen LogP contribution < -0.4 is 4.90 Å². The number of sulfonamides is 1. The fourth-order valence-corrected chi connectivity index (χ4v) is 5.44. The molecule has 136 valence electrons. The SMILES string of the molecule is O=C1CC2(CCN(S(=O)(=O)c3ccccc3)C2)CN1c1ccc(F)cc1. The van der Waals surface area contributed by atoms with Gasteiger partial charge in [0.05, 0.1) is 4.90 Å². The summed E-state index contributed by atoms with van der Waals surface area (Å²) in [7, 11) is -3.55. The number of nitrogens with zero attached hydrogens (tertiary/aromatic N) is 2. The average molecular weight is 374 g/mol. The van der Waals surface area contributed by atoms with Crippen molar-refractivity contribution in [2.75, 3.05) is 24.5 Å². The standard InChI is InChI=1S/C19H19FN2O3S/c20-15-6-8-16(9-7-15)22-14-19(12-18(22)23)10-11-21(13-19)26(24,25)17-4-2-1-3-5-17/h1-9H,10-14H2. The first-order valence-electron chi connectivity index (χ1n) is 8.51. The van der Waals surface area contributed by atoms with E-state index in [1.165, 1.54) is 16.4 Å². The first kappa shape index (κ1) is 17.2. The monoisotopic (exact) mass is 374 g/mol. The van der Waals surface area contributed by atoms with Crippen LogP contribution in [0.5, 0.6) is 0 Å². The zero-order valence-electron chi connectivity index (χ0n) is 14.1. The van der Waals surface area contributed by atoms with E-state index in [4.69, 9.17) is 0 Å². The highest BCUT2D eigenvalue weighted by molar-refractivity contribution is 7.89. The third kappa shape index (κ3) is 2.91. The summed E-state index contributed by atoms with van der Waals surface area (Å²) in [6.07, 6.45) is 0.952. The van der Waals surface area contributed by atoms with Gasteiger partial charge in [-0.15, -0.1) is 0 Å². The lowest BCUT2D eigenvalue weighted by Crippen LogP contribution is -2.34. The van der Waals surface area contributed by atoms with Gasteiger partial charge in [-0.2, -0.15) is 4.31 Å². The highest BCUT2D eigenvalue weighted by Crippen LogP contribution is 2.43. The molecule has 0 radical (unpaired) electrons. The highest BCUT2D eigenvalue weighted by atomic mass is 32.2. The molecule has 2 saturated heterocycles. The number of rotatable bonds is 3. The van der Waals surface area contributed by atoms with Crippen molar-refractivity contribution in [3.8, 4) is 0 Å². The van der Waals surface area contributed by atoms with Crippen LogP contribution >= 0.6 is 0 Å². The second-order valence-electron chi connectivity index (χ2n) is 7.03. The van der Waals surface area contributed by atoms with Gasteiger partial charge >= 0.3 is 0 Å². The van der Waals surface area contributed by atoms with Crippen molar-refractivity contribution >= 4 is 21.6 Å². The second kappa shape index (κ2) is 6.17. The van der Waals surface area contributed by atoms with Crippen molar-refractivity contribution in [2.24, 2.45) is 5.41 Å². The second-order valence-corrected chi connectivity index (χ2v) is 8.97. The van der Waals surface area contributed by atoms with E-state index in [0.717, 1.165) is 0 Å². The number of benzene rings is 2. The van der Waals surface area contributed by atoms with Gasteiger partial charge in [0.2, 0.25) is 15.9 Å². The lowest BCUT2D eigenvalue weighted by molar-refractivity contribution is -0.117. The predicted octanol–water partition coefficient (Wildman–Crippen LogP) is 2.64. The predicted molar refractivity (Wildman–Crippen MR) is 95.6 cm³/mol. The molecular weight excluding hydrogens is 355 g/mol. The fourth-order valence-electron chi connectivity index (χ4n) is 3.87. The van der Waals surface area contributed by atoms with Crippen LogP contribution in [-0.4, -0.2) is 38.3 Å². The highest BCUT2D eigenvalue weighted by Gasteiger charge is 2.50. The molecule has 1 amide bonds. The quantitative estimate of drug-likeness (QED) is 0.830. The van der Waals surface area contributed by atoms with Gasteiger partial charge in [-0.25, -0.2) is 12.8 Å². The number of hydrogen-bond donors (Lipinski definition) is 0. The molecule has 2 aromatic carbocycles. The Morgan fingerprint density at radius 2 is 1.65 bits per heavy atom. The molecule has 7 heteroatoms. The van der Waals surface area contributed by atoms with Crippen LogP contribution in [0.1, 0.15) is 12.8 Å². The lowest BCUT2D eigenvalue weighted by atomic mass is 9.86. The van der Waals surface area contributed by atoms with Crippen molar-refractivity contribution in [3.63, 3.8) is 0 Å². The number of carbonyl (C=O) groups excluding carboxylic acids is 1. The molecule has 0 N–H and O–H groups in total. The van der Waals surface area contributed by atoms with Gasteiger partial charge < -0.3 is 4.90 Å². The Labute approximate surface area is 152 Å². The van der Waals surface area contributed by atoms with E-state index < -0.39 is 10.0 Å². The summed E-state index contributed by atoms with van der Waals surface area (Å²) >= 11 is 0. The number of halogens is 1. The van der Waals surface area contributed by atoms with Crippen LogP contribution in [0.25, 0.3) is 0 Å². The van der Waals surface area contributed by atoms with Crippen LogP contribution in [0.15, 0.2) is 59.5 Å². The van der Waals surface area contributed by atoms with Gasteiger partial charge in [0.15, 0.2) is 0 Å². The Bertz CT molecular complexity index is 931. The van der Waals surface area contributed by atoms with Crippen LogP contribution in [0.4, 0.5) is 10.1 Å². The molecule has 2 aliphatic rings. The first-order chi connectivity index (χ1) is 12.4. The summed E-state index contributed by atoms with van der Waals surface area (Å²) in [5.41, 5.74) is 0.269. The Kier molecular flexibility index (Phi) is 4.08. The molecule has 26 heavy (non-hydrogen) atoms. The maximum absolute atomic E-state index is 13.1. The molecule has 1 spiro atoms. The van der Waals surface area contributed by atoms with Crippen molar-refractivity contribution < 1.29 is 17.6 Å². The molecule has 2 aromatic rings. The molecule has 1 unspecified atom stereocenters. The summed E-state index contributed by atoms with van der Waals surface area (Å²) in [5.74, 6) is -0.397. The zero-order valence-corrected chi connectivity index (χ0v) is 15.0. The van der Waals surface area contributed by atoms with Crippen LogP contribution in [-0.2, 0) is 14.8 Å². The van der Waals surface area contributed by atoms with Gasteiger partial charge in [0.1, 0.15) is 5.82 Å². The third-order valence-corrected chi connectivity index (χ3v) is 7.10. The molecule has 2 aliphatic heterocycles. The van der Waals surface area contributed by atoms with E-state index >= 15 is 0 Å². The summed E-state index contributed by atoms with van der Waals surface area (Å²) in [6.45, 7) is 1.19. The minimum Gasteiger partial charge on any atom is -0.312 e. The minimum absolute atomic E-state index is 0.0458. The first-order valence-corrected chi connectivity index (χ1v) is 9.95. The molecule has 2 fully saturated rings. The van der Waals surface area contributed by atoms with Gasteiger partial charge in [0, 0.05) is 37.2 Å². The molecule has 0 aromatic heterocycles. The Hall–Kier alpha value is -2.25. The number of hydrogen-bond acceptors (Lipinski definition) is 3. The maximum Gasteiger partial charge on any atom is 0.243 e. The van der Waals surface area contributed by atoms with Gasteiger partial charge in [-0.05, 0) is 42.8 Å². The van der Waals surface area contributed by atoms with Crippen molar-refractivity contribution in [3.05, 3.63) is 60.4 Å². The summed E-state index contributed by atoms with van der Waals surface area (Å²) < 4.78 is 40.3. The van der Waals surface area contributed by atoms with E-state index in [2.05, 4.69) is 0 Å². The summed E-state index contributed by atoms with van der Waals surface area (Å²) in [6, 6.07) is 14.2. The Morgan fingerprint density at radius 3 is 2.35 bits per heavy atom. The van der Waals surface area contributed by atoms with Gasteiger partial charge in [0.25, 0.3) is 0 Å². The fraction of sp³-hybridized carbons (Fsp3) is 0.316. The molecule has 5 nitrogen and oxygen atoms in total. The maximum atomic E-state index is 13.1. The Balaban J connectivity index is 1.55. The average Bonchev–Trinajstić information content (AvgIpc) is 3.20. The lowest BCUT2D eigenvalue weighted by Gasteiger charge is -2.24. The smallest absolute Gasteiger partial charge is 0.243 e. The molecule has 0 saturated carbocycles. The van der Waals surface area contributed by atoms with Gasteiger partial charge in [-0.3, -0.25) is 4.79 Å². The van der Waals surface area contributed by atoms with Crippen molar-refractivity contribution in [2.45, 2.75) is 17.7 Å². The van der Waals surface area contributed by atoms with E-state index in [1.54, 1.807) is 47.4 Å². The van der Waals surface area contributed by atoms with E-state index in [9.17, 15) is 17.6 Å². The third-order valence-electron chi connectivity index (χ3n) is 5.24. The molecule has 0 bridgehead atoms. The van der Waals surface area contributed by atoms with E-state index in [-0.39, 0.29) is 22.0 Å². The normalized spacial score (nSPS) is 23.9. The zero-order chi connectivity index (χ0) is 18.4. The Morgan fingerprint density at radius 1 is 0.962 bits per heavy atom. The molecule has 2 heterocycles. The van der Waals surface area contributed by atoms with Crippen LogP contribution in [0, 0.1) is 11.2 Å². The molecule has 0 aliphatic carbocycles. The molecule has 4 rings (SSSR count). The van der Waals surface area contributed by atoms with Crippen LogP contribution in [0.3, 0.4) is 0 Å².